The monoisotopic (exact) mass is 210 g/mol. The van der Waals surface area contributed by atoms with Crippen LogP contribution < -0.4 is 10.2 Å². The molecule has 1 aromatic carbocycles. The number of halogens is 1. The fraction of sp³-hybridized carbons (Fsp3) is 0.364. The van der Waals surface area contributed by atoms with Gasteiger partial charge < -0.3 is 10.2 Å². The molecule has 1 aromatic rings. The topological polar surface area (TPSA) is 32.3 Å². The molecule has 3 nitrogen and oxygen atoms in total. The number of nitrogens with zero attached hydrogens (tertiary/aromatic N) is 1. The van der Waals surface area contributed by atoms with Crippen molar-refractivity contribution in [3.8, 4) is 0 Å². The smallest absolute Gasteiger partial charge is 0.224 e. The van der Waals surface area contributed by atoms with Crippen molar-refractivity contribution in [3.63, 3.8) is 0 Å². The molecule has 0 saturated carbocycles. The first-order valence-corrected chi connectivity index (χ1v) is 4.81. The van der Waals surface area contributed by atoms with E-state index in [1.54, 1.807) is 13.0 Å². The molecule has 1 N–H and O–H groups in total. The zero-order chi connectivity index (χ0) is 11.4. The predicted octanol–water partition coefficient (Wildman–Crippen LogP) is 2.24. The minimum Gasteiger partial charge on any atom is -0.376 e. The Kier molecular flexibility index (Phi) is 3.66. The number of anilines is 2. The third-order valence-electron chi connectivity index (χ3n) is 2.04. The van der Waals surface area contributed by atoms with Crippen LogP contribution in [0.15, 0.2) is 18.2 Å². The Bertz CT molecular complexity index is 364. The van der Waals surface area contributed by atoms with Crippen LogP contribution >= 0.6 is 0 Å². The van der Waals surface area contributed by atoms with Gasteiger partial charge in [0.1, 0.15) is 5.82 Å². The van der Waals surface area contributed by atoms with Crippen LogP contribution in [0.5, 0.6) is 0 Å². The molecule has 0 aliphatic carbocycles. The van der Waals surface area contributed by atoms with Gasteiger partial charge in [-0.25, -0.2) is 4.39 Å². The summed E-state index contributed by atoms with van der Waals surface area (Å²) in [7, 11) is 3.68. The van der Waals surface area contributed by atoms with Crippen molar-refractivity contribution < 1.29 is 9.18 Å². The number of nitrogens with one attached hydrogen (secondary N) is 1. The number of amides is 1. The van der Waals surface area contributed by atoms with Gasteiger partial charge in [0.15, 0.2) is 0 Å². The van der Waals surface area contributed by atoms with E-state index in [-0.39, 0.29) is 11.7 Å². The van der Waals surface area contributed by atoms with Crippen LogP contribution in [-0.2, 0) is 4.79 Å². The second kappa shape index (κ2) is 4.77. The standard InChI is InChI=1S/C11H15FN2O/c1-4-11(15)13-9-7-8(12)5-6-10(9)14(2)3/h5-7H,4H2,1-3H3,(H,13,15). The van der Waals surface area contributed by atoms with Gasteiger partial charge in [0, 0.05) is 20.5 Å². The quantitative estimate of drug-likeness (QED) is 0.829. The van der Waals surface area contributed by atoms with Crippen molar-refractivity contribution in [2.75, 3.05) is 24.3 Å². The third kappa shape index (κ3) is 2.94. The molecule has 0 radical (unpaired) electrons. The van der Waals surface area contributed by atoms with E-state index in [9.17, 15) is 9.18 Å². The van der Waals surface area contributed by atoms with Gasteiger partial charge in [0.05, 0.1) is 11.4 Å². The molecule has 0 fully saturated rings. The van der Waals surface area contributed by atoms with Crippen molar-refractivity contribution in [3.05, 3.63) is 24.0 Å². The summed E-state index contributed by atoms with van der Waals surface area (Å²) in [6.45, 7) is 1.75. The van der Waals surface area contributed by atoms with Crippen molar-refractivity contribution in [2.24, 2.45) is 0 Å². The molecule has 0 saturated heterocycles. The number of rotatable bonds is 3. The van der Waals surface area contributed by atoms with E-state index in [0.717, 1.165) is 5.69 Å². The summed E-state index contributed by atoms with van der Waals surface area (Å²) in [5, 5.41) is 2.66. The molecule has 0 unspecified atom stereocenters. The molecule has 0 heterocycles. The van der Waals surface area contributed by atoms with E-state index in [1.165, 1.54) is 12.1 Å². The number of carbonyl (C=O) groups excluding carboxylic acids is 1. The molecule has 0 aliphatic rings. The Morgan fingerprint density at radius 1 is 1.47 bits per heavy atom. The van der Waals surface area contributed by atoms with Crippen LogP contribution in [0.25, 0.3) is 0 Å². The number of hydrogen-bond acceptors (Lipinski definition) is 2. The fourth-order valence-electron chi connectivity index (χ4n) is 1.24. The number of carbonyl (C=O) groups is 1. The van der Waals surface area contributed by atoms with E-state index >= 15 is 0 Å². The lowest BCUT2D eigenvalue weighted by Gasteiger charge is -2.17. The van der Waals surface area contributed by atoms with Crippen LogP contribution in [0.2, 0.25) is 0 Å². The minimum absolute atomic E-state index is 0.122. The zero-order valence-corrected chi connectivity index (χ0v) is 9.17. The van der Waals surface area contributed by atoms with Gasteiger partial charge in [-0.3, -0.25) is 4.79 Å². The van der Waals surface area contributed by atoms with Gasteiger partial charge in [-0.05, 0) is 18.2 Å². The van der Waals surface area contributed by atoms with E-state index in [4.69, 9.17) is 0 Å². The van der Waals surface area contributed by atoms with Crippen molar-refractivity contribution in [2.45, 2.75) is 13.3 Å². The highest BCUT2D eigenvalue weighted by Gasteiger charge is 2.08. The molecule has 4 heteroatoms. The Balaban J connectivity index is 3.02. The molecule has 0 spiro atoms. The van der Waals surface area contributed by atoms with Crippen molar-refractivity contribution in [1.82, 2.24) is 0 Å². The molecule has 0 atom stereocenters. The average molecular weight is 210 g/mol. The van der Waals surface area contributed by atoms with Gasteiger partial charge in [-0.1, -0.05) is 6.92 Å². The van der Waals surface area contributed by atoms with E-state index in [1.807, 2.05) is 19.0 Å². The first kappa shape index (κ1) is 11.5. The largest absolute Gasteiger partial charge is 0.376 e. The van der Waals surface area contributed by atoms with Gasteiger partial charge in [0.2, 0.25) is 5.91 Å². The highest BCUT2D eigenvalue weighted by Crippen LogP contribution is 2.25. The Labute approximate surface area is 88.9 Å². The van der Waals surface area contributed by atoms with Crippen LogP contribution in [-0.4, -0.2) is 20.0 Å². The SMILES string of the molecule is CCC(=O)Nc1cc(F)ccc1N(C)C. The number of benzene rings is 1. The Morgan fingerprint density at radius 2 is 2.13 bits per heavy atom. The second-order valence-electron chi connectivity index (χ2n) is 3.46. The summed E-state index contributed by atoms with van der Waals surface area (Å²) >= 11 is 0. The van der Waals surface area contributed by atoms with E-state index in [0.29, 0.717) is 12.1 Å². The summed E-state index contributed by atoms with van der Waals surface area (Å²) in [4.78, 5) is 13.0. The van der Waals surface area contributed by atoms with Crippen LogP contribution in [0.4, 0.5) is 15.8 Å². The van der Waals surface area contributed by atoms with Crippen LogP contribution in [0.3, 0.4) is 0 Å². The molecule has 82 valence electrons. The van der Waals surface area contributed by atoms with E-state index < -0.39 is 0 Å². The molecule has 0 aliphatic heterocycles. The maximum absolute atomic E-state index is 13.0. The second-order valence-corrected chi connectivity index (χ2v) is 3.46. The molecular weight excluding hydrogens is 195 g/mol. The van der Waals surface area contributed by atoms with Gasteiger partial charge >= 0.3 is 0 Å². The third-order valence-corrected chi connectivity index (χ3v) is 2.04. The lowest BCUT2D eigenvalue weighted by Crippen LogP contribution is -2.15. The van der Waals surface area contributed by atoms with Crippen LogP contribution in [0.1, 0.15) is 13.3 Å². The molecule has 1 amide bonds. The summed E-state index contributed by atoms with van der Waals surface area (Å²) in [5.74, 6) is -0.476. The highest BCUT2D eigenvalue weighted by atomic mass is 19.1. The molecule has 0 bridgehead atoms. The number of hydrogen-bond donors (Lipinski definition) is 1. The molecule has 0 aromatic heterocycles. The molecule has 15 heavy (non-hydrogen) atoms. The Morgan fingerprint density at radius 3 is 2.67 bits per heavy atom. The molecular formula is C11H15FN2O. The van der Waals surface area contributed by atoms with Gasteiger partial charge in [-0.15, -0.1) is 0 Å². The summed E-state index contributed by atoms with van der Waals surface area (Å²) in [6, 6.07) is 4.33. The Hall–Kier alpha value is -1.58. The van der Waals surface area contributed by atoms with Gasteiger partial charge in [0.25, 0.3) is 0 Å². The predicted molar refractivity (Wildman–Crippen MR) is 59.6 cm³/mol. The average Bonchev–Trinajstić information content (AvgIpc) is 2.17. The van der Waals surface area contributed by atoms with Crippen LogP contribution in [0, 0.1) is 5.82 Å². The van der Waals surface area contributed by atoms with Gasteiger partial charge in [-0.2, -0.15) is 0 Å². The molecule has 1 rings (SSSR count). The first-order valence-electron chi connectivity index (χ1n) is 4.81. The summed E-state index contributed by atoms with van der Waals surface area (Å²) in [6.07, 6.45) is 0.378. The maximum Gasteiger partial charge on any atom is 0.224 e. The summed E-state index contributed by atoms with van der Waals surface area (Å²) < 4.78 is 13.0. The van der Waals surface area contributed by atoms with Crippen molar-refractivity contribution in [1.29, 1.82) is 0 Å². The van der Waals surface area contributed by atoms with E-state index in [2.05, 4.69) is 5.32 Å². The summed E-state index contributed by atoms with van der Waals surface area (Å²) in [5.41, 5.74) is 1.30. The zero-order valence-electron chi connectivity index (χ0n) is 9.17. The highest BCUT2D eigenvalue weighted by molar-refractivity contribution is 5.94. The van der Waals surface area contributed by atoms with Crippen molar-refractivity contribution >= 4 is 17.3 Å². The first-order chi connectivity index (χ1) is 7.04. The fourth-order valence-corrected chi connectivity index (χ4v) is 1.24. The minimum atomic E-state index is -0.355. The normalized spacial score (nSPS) is 9.87. The lowest BCUT2D eigenvalue weighted by molar-refractivity contribution is -0.115. The lowest BCUT2D eigenvalue weighted by atomic mass is 10.2. The maximum atomic E-state index is 13.0.